The van der Waals surface area contributed by atoms with Crippen molar-refractivity contribution in [3.63, 3.8) is 0 Å². The van der Waals surface area contributed by atoms with Crippen molar-refractivity contribution < 1.29 is 9.47 Å². The summed E-state index contributed by atoms with van der Waals surface area (Å²) < 4.78 is 10.9. The number of nitrogens with zero attached hydrogens (tertiary/aromatic N) is 1. The lowest BCUT2D eigenvalue weighted by Crippen LogP contribution is -2.66. The van der Waals surface area contributed by atoms with Gasteiger partial charge in [-0.05, 0) is 20.8 Å². The second-order valence-corrected chi connectivity index (χ2v) is 5.66. The molecule has 2 aliphatic rings. The SMILES string of the molecule is CC(C)(C)OCCN1CC2(COC2)C1. The number of ether oxygens (including phenoxy) is 2. The summed E-state index contributed by atoms with van der Waals surface area (Å²) in [6.07, 6.45) is 0. The van der Waals surface area contributed by atoms with Crippen LogP contribution in [-0.4, -0.2) is 50.0 Å². The van der Waals surface area contributed by atoms with Crippen LogP contribution in [0.25, 0.3) is 0 Å². The molecule has 2 heterocycles. The maximum Gasteiger partial charge on any atom is 0.0600 e. The van der Waals surface area contributed by atoms with E-state index in [0.29, 0.717) is 5.41 Å². The zero-order chi connectivity index (χ0) is 10.2. The molecular formula is C11H21NO2. The summed E-state index contributed by atoms with van der Waals surface area (Å²) in [5, 5.41) is 0. The van der Waals surface area contributed by atoms with Crippen LogP contribution in [0.5, 0.6) is 0 Å². The second-order valence-electron chi connectivity index (χ2n) is 5.66. The van der Waals surface area contributed by atoms with Crippen molar-refractivity contribution >= 4 is 0 Å². The molecule has 2 saturated heterocycles. The normalized spacial score (nSPS) is 25.9. The Kier molecular flexibility index (Phi) is 2.58. The van der Waals surface area contributed by atoms with Crippen molar-refractivity contribution in [1.82, 2.24) is 4.90 Å². The zero-order valence-electron chi connectivity index (χ0n) is 9.51. The minimum Gasteiger partial charge on any atom is -0.380 e. The highest BCUT2D eigenvalue weighted by Gasteiger charge is 2.48. The molecule has 0 aromatic carbocycles. The van der Waals surface area contributed by atoms with E-state index in [-0.39, 0.29) is 5.60 Å². The van der Waals surface area contributed by atoms with E-state index in [0.717, 1.165) is 26.4 Å². The molecule has 0 saturated carbocycles. The van der Waals surface area contributed by atoms with Crippen molar-refractivity contribution in [1.29, 1.82) is 0 Å². The molecule has 3 nitrogen and oxygen atoms in total. The lowest BCUT2D eigenvalue weighted by atomic mass is 9.78. The molecule has 0 aromatic heterocycles. The third-order valence-corrected chi connectivity index (χ3v) is 2.88. The minimum absolute atomic E-state index is 0.00212. The van der Waals surface area contributed by atoms with E-state index in [4.69, 9.17) is 9.47 Å². The molecule has 2 fully saturated rings. The Bertz CT molecular complexity index is 198. The quantitative estimate of drug-likeness (QED) is 0.680. The van der Waals surface area contributed by atoms with Gasteiger partial charge in [0.2, 0.25) is 0 Å². The molecule has 2 aliphatic heterocycles. The standard InChI is InChI=1S/C11H21NO2/c1-10(2,3)14-5-4-12-6-11(7-12)8-13-9-11/h4-9H2,1-3H3. The predicted molar refractivity (Wildman–Crippen MR) is 55.4 cm³/mol. The first-order chi connectivity index (χ1) is 6.49. The van der Waals surface area contributed by atoms with Gasteiger partial charge in [0, 0.05) is 25.0 Å². The van der Waals surface area contributed by atoms with Crippen LogP contribution in [0.1, 0.15) is 20.8 Å². The molecular weight excluding hydrogens is 178 g/mol. The van der Waals surface area contributed by atoms with Gasteiger partial charge in [0.25, 0.3) is 0 Å². The van der Waals surface area contributed by atoms with Crippen LogP contribution in [0, 0.1) is 5.41 Å². The summed E-state index contributed by atoms with van der Waals surface area (Å²) in [7, 11) is 0. The van der Waals surface area contributed by atoms with E-state index in [1.165, 1.54) is 13.1 Å². The fraction of sp³-hybridized carbons (Fsp3) is 1.00. The van der Waals surface area contributed by atoms with Gasteiger partial charge in [-0.15, -0.1) is 0 Å². The lowest BCUT2D eigenvalue weighted by Gasteiger charge is -2.55. The Morgan fingerprint density at radius 2 is 1.93 bits per heavy atom. The van der Waals surface area contributed by atoms with E-state index < -0.39 is 0 Å². The summed E-state index contributed by atoms with van der Waals surface area (Å²) in [5.41, 5.74) is 0.546. The number of hydrogen-bond acceptors (Lipinski definition) is 3. The van der Waals surface area contributed by atoms with Gasteiger partial charge in [0.15, 0.2) is 0 Å². The van der Waals surface area contributed by atoms with Gasteiger partial charge in [-0.1, -0.05) is 0 Å². The minimum atomic E-state index is 0.00212. The lowest BCUT2D eigenvalue weighted by molar-refractivity contribution is -0.192. The molecule has 0 aromatic rings. The summed E-state index contributed by atoms with van der Waals surface area (Å²) >= 11 is 0. The average molecular weight is 199 g/mol. The van der Waals surface area contributed by atoms with Gasteiger partial charge in [-0.2, -0.15) is 0 Å². The smallest absolute Gasteiger partial charge is 0.0600 e. The Morgan fingerprint density at radius 1 is 1.29 bits per heavy atom. The predicted octanol–water partition coefficient (Wildman–Crippen LogP) is 1.13. The van der Waals surface area contributed by atoms with Crippen LogP contribution in [-0.2, 0) is 9.47 Å². The average Bonchev–Trinajstić information content (AvgIpc) is 1.87. The van der Waals surface area contributed by atoms with E-state index in [1.54, 1.807) is 0 Å². The van der Waals surface area contributed by atoms with E-state index in [9.17, 15) is 0 Å². The number of hydrogen-bond donors (Lipinski definition) is 0. The Morgan fingerprint density at radius 3 is 2.36 bits per heavy atom. The molecule has 0 amide bonds. The first-order valence-electron chi connectivity index (χ1n) is 5.43. The zero-order valence-corrected chi connectivity index (χ0v) is 9.51. The van der Waals surface area contributed by atoms with Gasteiger partial charge in [-0.25, -0.2) is 0 Å². The third-order valence-electron chi connectivity index (χ3n) is 2.88. The van der Waals surface area contributed by atoms with Gasteiger partial charge in [-0.3, -0.25) is 4.90 Å². The second kappa shape index (κ2) is 3.47. The highest BCUT2D eigenvalue weighted by atomic mass is 16.5. The number of rotatable bonds is 3. The fourth-order valence-corrected chi connectivity index (χ4v) is 2.11. The third kappa shape index (κ3) is 2.27. The van der Waals surface area contributed by atoms with E-state index in [2.05, 4.69) is 25.7 Å². The van der Waals surface area contributed by atoms with Crippen molar-refractivity contribution in [3.8, 4) is 0 Å². The Balaban J connectivity index is 1.56. The van der Waals surface area contributed by atoms with Crippen molar-refractivity contribution in [2.45, 2.75) is 26.4 Å². The van der Waals surface area contributed by atoms with Crippen molar-refractivity contribution in [3.05, 3.63) is 0 Å². The van der Waals surface area contributed by atoms with Crippen LogP contribution in [0.3, 0.4) is 0 Å². The molecule has 3 heteroatoms. The fourth-order valence-electron chi connectivity index (χ4n) is 2.11. The first-order valence-corrected chi connectivity index (χ1v) is 5.43. The van der Waals surface area contributed by atoms with Crippen molar-refractivity contribution in [2.75, 3.05) is 39.5 Å². The van der Waals surface area contributed by atoms with E-state index >= 15 is 0 Å². The summed E-state index contributed by atoms with van der Waals surface area (Å²) in [6, 6.07) is 0. The maximum absolute atomic E-state index is 5.68. The summed E-state index contributed by atoms with van der Waals surface area (Å²) in [6.45, 7) is 12.6. The van der Waals surface area contributed by atoms with Crippen molar-refractivity contribution in [2.24, 2.45) is 5.41 Å². The monoisotopic (exact) mass is 199 g/mol. The molecule has 14 heavy (non-hydrogen) atoms. The Hall–Kier alpha value is -0.120. The molecule has 2 rings (SSSR count). The van der Waals surface area contributed by atoms with Crippen LogP contribution in [0.2, 0.25) is 0 Å². The highest BCUT2D eigenvalue weighted by molar-refractivity contribution is 4.99. The molecule has 0 unspecified atom stereocenters. The van der Waals surface area contributed by atoms with Gasteiger partial charge >= 0.3 is 0 Å². The summed E-state index contributed by atoms with van der Waals surface area (Å²) in [4.78, 5) is 2.45. The van der Waals surface area contributed by atoms with Crippen LogP contribution in [0.15, 0.2) is 0 Å². The molecule has 82 valence electrons. The maximum atomic E-state index is 5.68. The van der Waals surface area contributed by atoms with Gasteiger partial charge in [0.05, 0.1) is 25.4 Å². The van der Waals surface area contributed by atoms with Crippen LogP contribution < -0.4 is 0 Å². The van der Waals surface area contributed by atoms with Gasteiger partial charge < -0.3 is 9.47 Å². The molecule has 0 atom stereocenters. The Labute approximate surface area is 86.4 Å². The van der Waals surface area contributed by atoms with Crippen LogP contribution >= 0.6 is 0 Å². The summed E-state index contributed by atoms with van der Waals surface area (Å²) in [5.74, 6) is 0. The van der Waals surface area contributed by atoms with E-state index in [1.807, 2.05) is 0 Å². The highest BCUT2D eigenvalue weighted by Crippen LogP contribution is 2.37. The number of likely N-dealkylation sites (tertiary alicyclic amines) is 1. The first kappa shape index (κ1) is 10.4. The topological polar surface area (TPSA) is 21.7 Å². The molecule has 0 bridgehead atoms. The molecule has 0 radical (unpaired) electrons. The van der Waals surface area contributed by atoms with Gasteiger partial charge in [0.1, 0.15) is 0 Å². The largest absolute Gasteiger partial charge is 0.380 e. The molecule has 0 aliphatic carbocycles. The molecule has 1 spiro atoms. The van der Waals surface area contributed by atoms with Crippen LogP contribution in [0.4, 0.5) is 0 Å². The molecule has 0 N–H and O–H groups in total.